The molecule has 0 heterocycles. The highest BCUT2D eigenvalue weighted by Gasteiger charge is 2.50. The van der Waals surface area contributed by atoms with E-state index in [9.17, 15) is 0 Å². The highest BCUT2D eigenvalue weighted by Crippen LogP contribution is 2.32. The molecule has 0 saturated carbocycles. The Balaban J connectivity index is 5.58. The Labute approximate surface area is 148 Å². The Bertz CT molecular complexity index is 312. The molecule has 0 unspecified atom stereocenters. The molecular formula is C13H37ClO3Si5. The maximum absolute atomic E-state index is 6.64. The molecule has 0 bridgehead atoms. The Hall–Kier alpha value is 1.25. The molecule has 22 heavy (non-hydrogen) atoms. The molecule has 0 aliphatic rings. The summed E-state index contributed by atoms with van der Waals surface area (Å²) in [5.74, 6) is 0. The van der Waals surface area contributed by atoms with Crippen molar-refractivity contribution < 1.29 is 12.3 Å². The van der Waals surface area contributed by atoms with Gasteiger partial charge in [-0.2, -0.15) is 11.1 Å². The predicted molar refractivity (Wildman–Crippen MR) is 112 cm³/mol. The van der Waals surface area contributed by atoms with Crippen LogP contribution in [0.3, 0.4) is 0 Å². The van der Waals surface area contributed by atoms with E-state index < -0.39 is 41.1 Å². The zero-order valence-corrected chi connectivity index (χ0v) is 22.3. The lowest BCUT2D eigenvalue weighted by molar-refractivity contribution is 0.254. The minimum absolute atomic E-state index is 0.870. The quantitative estimate of drug-likeness (QED) is 0.344. The zero-order chi connectivity index (χ0) is 18.0. The van der Waals surface area contributed by atoms with E-state index in [1.165, 1.54) is 0 Å². The minimum atomic E-state index is -2.68. The van der Waals surface area contributed by atoms with Crippen LogP contribution in [0.15, 0.2) is 0 Å². The summed E-state index contributed by atoms with van der Waals surface area (Å²) in [5, 5.41) is 0. The van der Waals surface area contributed by atoms with Crippen LogP contribution in [0.5, 0.6) is 0 Å². The van der Waals surface area contributed by atoms with Gasteiger partial charge in [0.15, 0.2) is 25.0 Å². The highest BCUT2D eigenvalue weighted by molar-refractivity contribution is 7.19. The summed E-state index contributed by atoms with van der Waals surface area (Å²) >= 11 is 6.58. The third-order valence-electron chi connectivity index (χ3n) is 2.41. The predicted octanol–water partition coefficient (Wildman–Crippen LogP) is 5.92. The van der Waals surface area contributed by atoms with Crippen LogP contribution in [0.25, 0.3) is 0 Å². The summed E-state index contributed by atoms with van der Waals surface area (Å²) in [6, 6.07) is 1.86. The van der Waals surface area contributed by atoms with Gasteiger partial charge in [-0.15, -0.1) is 0 Å². The number of rotatable bonds is 9. The fourth-order valence-corrected chi connectivity index (χ4v) is 20.6. The molecule has 0 aromatic rings. The minimum Gasteiger partial charge on any atom is -0.417 e. The van der Waals surface area contributed by atoms with Gasteiger partial charge in [0, 0.05) is 6.04 Å². The maximum Gasteiger partial charge on any atom is 0.469 e. The number of halogens is 1. The van der Waals surface area contributed by atoms with E-state index in [0.717, 1.165) is 12.1 Å². The first-order valence-corrected chi connectivity index (χ1v) is 24.5. The molecule has 134 valence electrons. The Morgan fingerprint density at radius 1 is 0.545 bits per heavy atom. The molecular weight excluding hydrogens is 380 g/mol. The summed E-state index contributed by atoms with van der Waals surface area (Å²) in [6.45, 7) is 24.4. The molecule has 0 atom stereocenters. The van der Waals surface area contributed by atoms with Crippen molar-refractivity contribution in [2.75, 3.05) is 0 Å². The molecule has 0 aromatic heterocycles. The van der Waals surface area contributed by atoms with Gasteiger partial charge in [0.05, 0.1) is 0 Å². The molecule has 0 saturated heterocycles. The molecule has 0 N–H and O–H groups in total. The first-order valence-electron chi connectivity index (χ1n) is 8.12. The second-order valence-electron chi connectivity index (χ2n) is 9.55. The Morgan fingerprint density at radius 2 is 0.818 bits per heavy atom. The van der Waals surface area contributed by atoms with E-state index in [1.807, 2.05) is 0 Å². The summed E-state index contributed by atoms with van der Waals surface area (Å²) in [7, 11) is -9.64. The van der Waals surface area contributed by atoms with E-state index in [-0.39, 0.29) is 0 Å². The fourth-order valence-electron chi connectivity index (χ4n) is 2.07. The topological polar surface area (TPSA) is 27.7 Å². The normalized spacial score (nSPS) is 15.3. The average molecular weight is 417 g/mol. The van der Waals surface area contributed by atoms with Gasteiger partial charge < -0.3 is 12.3 Å². The standard InChI is InChI=1S/C13H37ClO3Si5/c1-18(2,3)15-22(16-19(4,5)6,17-20(7,8)9)13-12-21(10,11)14/h12-13H2,1-11H3. The Morgan fingerprint density at radius 3 is 1.00 bits per heavy atom. The van der Waals surface area contributed by atoms with Gasteiger partial charge >= 0.3 is 8.80 Å². The van der Waals surface area contributed by atoms with Crippen LogP contribution in [0.2, 0.25) is 84.1 Å². The van der Waals surface area contributed by atoms with Gasteiger partial charge in [0.25, 0.3) is 0 Å². The third kappa shape index (κ3) is 12.6. The third-order valence-corrected chi connectivity index (χ3v) is 16.9. The molecule has 0 radical (unpaired) electrons. The molecule has 0 aliphatic carbocycles. The SMILES string of the molecule is C[Si](C)(Cl)CC[Si](O[Si](C)(C)C)(O[Si](C)(C)C)O[Si](C)(C)C. The smallest absolute Gasteiger partial charge is 0.417 e. The van der Waals surface area contributed by atoms with Crippen LogP contribution >= 0.6 is 11.1 Å². The Kier molecular flexibility index (Phi) is 8.08. The molecule has 3 nitrogen and oxygen atoms in total. The van der Waals surface area contributed by atoms with Crippen LogP contribution in [-0.4, -0.2) is 41.1 Å². The van der Waals surface area contributed by atoms with E-state index >= 15 is 0 Å². The van der Waals surface area contributed by atoms with Crippen LogP contribution in [0, 0.1) is 0 Å². The molecule has 0 fully saturated rings. The monoisotopic (exact) mass is 416 g/mol. The second-order valence-corrected chi connectivity index (χ2v) is 33.5. The highest BCUT2D eigenvalue weighted by atomic mass is 35.6. The van der Waals surface area contributed by atoms with Crippen LogP contribution in [0.4, 0.5) is 0 Å². The lowest BCUT2D eigenvalue weighted by atomic mass is 10.9. The van der Waals surface area contributed by atoms with Crippen molar-refractivity contribution in [3.8, 4) is 0 Å². The van der Waals surface area contributed by atoms with E-state index in [4.69, 9.17) is 23.4 Å². The van der Waals surface area contributed by atoms with Crippen LogP contribution in [-0.2, 0) is 12.3 Å². The van der Waals surface area contributed by atoms with Gasteiger partial charge in [-0.1, -0.05) is 13.1 Å². The largest absolute Gasteiger partial charge is 0.469 e. The average Bonchev–Trinajstić information content (AvgIpc) is 2.04. The molecule has 0 rings (SSSR count). The van der Waals surface area contributed by atoms with E-state index in [1.54, 1.807) is 0 Å². The maximum atomic E-state index is 6.64. The lowest BCUT2D eigenvalue weighted by Gasteiger charge is -2.43. The van der Waals surface area contributed by atoms with Crippen molar-refractivity contribution >= 4 is 52.2 Å². The van der Waals surface area contributed by atoms with Crippen molar-refractivity contribution in [1.82, 2.24) is 0 Å². The van der Waals surface area contributed by atoms with Crippen molar-refractivity contribution in [2.45, 2.75) is 84.1 Å². The summed E-state index contributed by atoms with van der Waals surface area (Å²) in [5.41, 5.74) is 0. The fraction of sp³-hybridized carbons (Fsp3) is 1.00. The van der Waals surface area contributed by atoms with E-state index in [0.29, 0.717) is 0 Å². The van der Waals surface area contributed by atoms with Gasteiger partial charge in [0.1, 0.15) is 7.38 Å². The molecule has 0 spiro atoms. The van der Waals surface area contributed by atoms with Gasteiger partial charge in [-0.05, 0) is 65.0 Å². The van der Waals surface area contributed by atoms with E-state index in [2.05, 4.69) is 72.0 Å². The van der Waals surface area contributed by atoms with Gasteiger partial charge in [-0.25, -0.2) is 0 Å². The zero-order valence-electron chi connectivity index (χ0n) is 16.5. The molecule has 0 aromatic carbocycles. The summed E-state index contributed by atoms with van der Waals surface area (Å²) < 4.78 is 19.9. The second kappa shape index (κ2) is 7.65. The van der Waals surface area contributed by atoms with Crippen LogP contribution < -0.4 is 0 Å². The van der Waals surface area contributed by atoms with Gasteiger partial charge in [-0.3, -0.25) is 0 Å². The summed E-state index contributed by atoms with van der Waals surface area (Å²) in [6.07, 6.45) is 0. The molecule has 0 aliphatic heterocycles. The van der Waals surface area contributed by atoms with Crippen molar-refractivity contribution in [3.63, 3.8) is 0 Å². The van der Waals surface area contributed by atoms with Crippen molar-refractivity contribution in [2.24, 2.45) is 0 Å². The first kappa shape index (κ1) is 23.3. The number of hydrogen-bond donors (Lipinski definition) is 0. The molecule has 0 amide bonds. The van der Waals surface area contributed by atoms with Gasteiger partial charge in [0.2, 0.25) is 0 Å². The summed E-state index contributed by atoms with van der Waals surface area (Å²) in [4.78, 5) is 0. The first-order chi connectivity index (χ1) is 9.33. The van der Waals surface area contributed by atoms with Crippen LogP contribution in [0.1, 0.15) is 0 Å². The van der Waals surface area contributed by atoms with Crippen molar-refractivity contribution in [3.05, 3.63) is 0 Å². The van der Waals surface area contributed by atoms with Crippen molar-refractivity contribution in [1.29, 1.82) is 0 Å². The molecule has 9 heteroatoms. The lowest BCUT2D eigenvalue weighted by Crippen LogP contribution is -2.60. The number of hydrogen-bond acceptors (Lipinski definition) is 3.